The van der Waals surface area contributed by atoms with E-state index in [9.17, 15) is 36.6 Å². The Hall–Kier alpha value is -3.32. The molecule has 0 spiro atoms. The minimum atomic E-state index is -4.67. The molecule has 37 heavy (non-hydrogen) atoms. The number of nitrogens with zero attached hydrogens (tertiary/aromatic N) is 4. The number of aliphatic hydroxyl groups is 1. The van der Waals surface area contributed by atoms with Crippen LogP contribution < -0.4 is 15.3 Å². The fraction of sp³-hybridized carbons (Fsp3) is 0.458. The van der Waals surface area contributed by atoms with E-state index < -0.39 is 47.3 Å². The van der Waals surface area contributed by atoms with Gasteiger partial charge in [0.05, 0.1) is 18.1 Å². The fourth-order valence-electron chi connectivity index (χ4n) is 4.54. The van der Waals surface area contributed by atoms with E-state index in [-0.39, 0.29) is 30.2 Å². The van der Waals surface area contributed by atoms with Crippen LogP contribution in [0.2, 0.25) is 0 Å². The number of halogens is 5. The zero-order valence-corrected chi connectivity index (χ0v) is 19.9. The summed E-state index contributed by atoms with van der Waals surface area (Å²) in [6, 6.07) is 3.26. The smallest absolute Gasteiger partial charge is 0.392 e. The molecule has 2 fully saturated rings. The molecule has 1 unspecified atom stereocenters. The van der Waals surface area contributed by atoms with Gasteiger partial charge in [-0.1, -0.05) is 0 Å². The zero-order chi connectivity index (χ0) is 26.9. The van der Waals surface area contributed by atoms with E-state index in [1.54, 1.807) is 0 Å². The minimum Gasteiger partial charge on any atom is -0.392 e. The molecule has 1 aromatic heterocycles. The van der Waals surface area contributed by atoms with Crippen LogP contribution >= 0.6 is 0 Å². The summed E-state index contributed by atoms with van der Waals surface area (Å²) in [5.41, 5.74) is 1.46. The van der Waals surface area contributed by atoms with Crippen LogP contribution in [0.15, 0.2) is 30.3 Å². The highest BCUT2D eigenvalue weighted by molar-refractivity contribution is 6.03. The molecule has 13 heteroatoms. The van der Waals surface area contributed by atoms with E-state index >= 15 is 0 Å². The lowest BCUT2D eigenvalue weighted by Gasteiger charge is -2.31. The van der Waals surface area contributed by atoms with Crippen molar-refractivity contribution in [3.63, 3.8) is 0 Å². The molecule has 0 saturated carbocycles. The number of carbonyl (C=O) groups is 2. The van der Waals surface area contributed by atoms with Gasteiger partial charge in [0.2, 0.25) is 5.91 Å². The molecule has 4 rings (SSSR count). The van der Waals surface area contributed by atoms with Crippen LogP contribution in [0.3, 0.4) is 0 Å². The van der Waals surface area contributed by atoms with E-state index in [2.05, 4.69) is 10.4 Å². The Morgan fingerprint density at radius 3 is 2.62 bits per heavy atom. The van der Waals surface area contributed by atoms with Gasteiger partial charge in [-0.05, 0) is 50.6 Å². The normalized spacial score (nSPS) is 20.4. The fourth-order valence-corrected chi connectivity index (χ4v) is 4.54. The molecule has 0 radical (unpaired) electrons. The highest BCUT2D eigenvalue weighted by Crippen LogP contribution is 2.33. The maximum Gasteiger partial charge on any atom is 0.416 e. The number of hydrogen-bond donors (Lipinski definition) is 2. The average Bonchev–Trinajstić information content (AvgIpc) is 3.42. The summed E-state index contributed by atoms with van der Waals surface area (Å²) in [6.07, 6.45) is -4.44. The Balaban J connectivity index is 1.62. The number of nitrogens with one attached hydrogen (secondary N) is 1. The Morgan fingerprint density at radius 1 is 1.22 bits per heavy atom. The van der Waals surface area contributed by atoms with Crippen LogP contribution in [0.4, 0.5) is 33.5 Å². The maximum absolute atomic E-state index is 14.1. The molecule has 2 saturated heterocycles. The van der Waals surface area contributed by atoms with Gasteiger partial charge >= 0.3 is 6.18 Å². The van der Waals surface area contributed by atoms with Gasteiger partial charge in [0.1, 0.15) is 11.9 Å². The first kappa shape index (κ1) is 26.7. The number of carbonyl (C=O) groups excluding carboxylic acids is 2. The summed E-state index contributed by atoms with van der Waals surface area (Å²) in [6.45, 7) is 3.09. The van der Waals surface area contributed by atoms with Gasteiger partial charge in [-0.15, -0.1) is 0 Å². The number of rotatable bonds is 7. The molecule has 2 aliphatic heterocycles. The van der Waals surface area contributed by atoms with Crippen LogP contribution in [0.5, 0.6) is 0 Å². The number of alkyl halides is 3. The van der Waals surface area contributed by atoms with Crippen molar-refractivity contribution in [3.05, 3.63) is 53.2 Å². The number of aliphatic hydroxyl groups excluding tert-OH is 1. The van der Waals surface area contributed by atoms with Crippen molar-refractivity contribution in [2.45, 2.75) is 44.5 Å². The first-order valence-electron chi connectivity index (χ1n) is 11.7. The second-order valence-electron chi connectivity index (χ2n) is 9.16. The predicted molar refractivity (Wildman–Crippen MR) is 123 cm³/mol. The van der Waals surface area contributed by atoms with Crippen molar-refractivity contribution in [1.29, 1.82) is 0 Å². The number of hydrazine groups is 1. The third kappa shape index (κ3) is 6.16. The van der Waals surface area contributed by atoms with Gasteiger partial charge in [-0.2, -0.15) is 13.2 Å². The third-order valence-electron chi connectivity index (χ3n) is 6.32. The number of β-amino-alcohol motifs (C(OH)–C–C–N with tert-alkyl or cyclic N) is 1. The molecule has 200 valence electrons. The Bertz CT molecular complexity index is 1180. The number of aryl methyl sites for hydroxylation is 1. The molecule has 1 aromatic carbocycles. The van der Waals surface area contributed by atoms with Crippen LogP contribution in [0, 0.1) is 18.6 Å². The number of amides is 2. The number of aromatic nitrogens is 1. The molecule has 2 N–H and O–H groups in total. The molecule has 0 aliphatic carbocycles. The largest absolute Gasteiger partial charge is 0.416 e. The summed E-state index contributed by atoms with van der Waals surface area (Å²) >= 11 is 0. The number of benzene rings is 1. The molecule has 3 heterocycles. The first-order valence-corrected chi connectivity index (χ1v) is 11.7. The monoisotopic (exact) mass is 527 g/mol. The second-order valence-corrected chi connectivity index (χ2v) is 9.16. The van der Waals surface area contributed by atoms with Gasteiger partial charge in [0.15, 0.2) is 11.6 Å². The van der Waals surface area contributed by atoms with Crippen LogP contribution in [0.25, 0.3) is 0 Å². The predicted octanol–water partition coefficient (Wildman–Crippen LogP) is 2.79. The van der Waals surface area contributed by atoms with Crippen molar-refractivity contribution in [1.82, 2.24) is 15.3 Å². The quantitative estimate of drug-likeness (QED) is 0.539. The average molecular weight is 527 g/mol. The Morgan fingerprint density at radius 2 is 1.97 bits per heavy atom. The number of likely N-dealkylation sites (tertiary alicyclic amines) is 1. The second kappa shape index (κ2) is 10.6. The van der Waals surface area contributed by atoms with Crippen molar-refractivity contribution in [2.24, 2.45) is 0 Å². The van der Waals surface area contributed by atoms with Crippen LogP contribution in [-0.2, 0) is 15.8 Å². The van der Waals surface area contributed by atoms with Gasteiger partial charge in [-0.3, -0.25) is 20.0 Å². The van der Waals surface area contributed by atoms with E-state index in [1.807, 2.05) is 4.90 Å². The lowest BCUT2D eigenvalue weighted by Crippen LogP contribution is -2.50. The van der Waals surface area contributed by atoms with Gasteiger partial charge in [0, 0.05) is 37.1 Å². The first-order chi connectivity index (χ1) is 17.4. The Kier molecular flexibility index (Phi) is 7.64. The third-order valence-corrected chi connectivity index (χ3v) is 6.32. The van der Waals surface area contributed by atoms with Gasteiger partial charge in [-0.25, -0.2) is 13.8 Å². The van der Waals surface area contributed by atoms with Crippen molar-refractivity contribution >= 4 is 23.3 Å². The Labute approximate surface area is 209 Å². The summed E-state index contributed by atoms with van der Waals surface area (Å²) < 4.78 is 67.8. The maximum atomic E-state index is 14.1. The van der Waals surface area contributed by atoms with Crippen molar-refractivity contribution in [2.75, 3.05) is 36.1 Å². The van der Waals surface area contributed by atoms with Crippen LogP contribution in [0.1, 0.15) is 30.5 Å². The summed E-state index contributed by atoms with van der Waals surface area (Å²) in [5, 5.41) is 10.7. The lowest BCUT2D eigenvalue weighted by molar-refractivity contribution is -0.137. The number of hydrogen-bond acceptors (Lipinski definition) is 6. The van der Waals surface area contributed by atoms with Crippen LogP contribution in [-0.4, -0.2) is 65.1 Å². The van der Waals surface area contributed by atoms with E-state index in [4.69, 9.17) is 0 Å². The molecule has 2 amide bonds. The molecule has 2 aromatic rings. The van der Waals surface area contributed by atoms with Gasteiger partial charge < -0.3 is 14.9 Å². The standard InChI is InChI=1S/C24H26F5N5O3/c1-14-9-15(24(27,28)29)10-21(30-14)34-20(12-22(36)31-34)23(37)33(16-3-4-18(25)19(26)11-16)7-2-6-32-8-5-17(35)13-32/h3-4,9-11,17,20,35H,2,5-8,12-13H2,1H3,(H,31,36)/t17-,20?/m0/s1. The molecular weight excluding hydrogens is 501 g/mol. The topological polar surface area (TPSA) is 89.0 Å². The summed E-state index contributed by atoms with van der Waals surface area (Å²) in [5.74, 6) is -3.85. The SMILES string of the molecule is Cc1cc(C(F)(F)F)cc(N2NC(=O)CC2C(=O)N(CCCN2CC[C@H](O)C2)c2ccc(F)c(F)c2)n1. The molecular formula is C24H26F5N5O3. The van der Waals surface area contributed by atoms with E-state index in [0.717, 1.165) is 29.3 Å². The summed E-state index contributed by atoms with van der Waals surface area (Å²) in [7, 11) is 0. The van der Waals surface area contributed by atoms with Crippen molar-refractivity contribution < 1.29 is 36.6 Å². The van der Waals surface area contributed by atoms with E-state index in [0.29, 0.717) is 32.5 Å². The highest BCUT2D eigenvalue weighted by atomic mass is 19.4. The molecule has 0 bridgehead atoms. The zero-order valence-electron chi connectivity index (χ0n) is 19.9. The van der Waals surface area contributed by atoms with Crippen molar-refractivity contribution in [3.8, 4) is 0 Å². The molecule has 2 aliphatic rings. The molecule has 2 atom stereocenters. The van der Waals surface area contributed by atoms with E-state index in [1.165, 1.54) is 17.9 Å². The lowest BCUT2D eigenvalue weighted by atomic mass is 10.1. The molecule has 8 nitrogen and oxygen atoms in total. The minimum absolute atomic E-state index is 0.0300. The highest BCUT2D eigenvalue weighted by Gasteiger charge is 2.41. The number of anilines is 2. The summed E-state index contributed by atoms with van der Waals surface area (Å²) in [4.78, 5) is 33.2. The van der Waals surface area contributed by atoms with Gasteiger partial charge in [0.25, 0.3) is 5.91 Å². The number of pyridine rings is 1.